The van der Waals surface area contributed by atoms with Crippen LogP contribution in [0.15, 0.2) is 41.4 Å². The summed E-state index contributed by atoms with van der Waals surface area (Å²) in [7, 11) is -4.76. The normalized spacial score (nSPS) is 19.2. The van der Waals surface area contributed by atoms with E-state index < -0.39 is 42.8 Å². The first-order valence-corrected chi connectivity index (χ1v) is 15.1. The van der Waals surface area contributed by atoms with Crippen LogP contribution in [0.5, 0.6) is 11.5 Å². The van der Waals surface area contributed by atoms with Crippen molar-refractivity contribution in [3.63, 3.8) is 0 Å². The van der Waals surface area contributed by atoms with Gasteiger partial charge < -0.3 is 9.64 Å². The zero-order valence-electron chi connectivity index (χ0n) is 22.0. The van der Waals surface area contributed by atoms with Crippen LogP contribution in [0.4, 0.5) is 11.4 Å². The largest absolute Gasteiger partial charge is 0.452 e. The van der Waals surface area contributed by atoms with Crippen LogP contribution in [0.3, 0.4) is 0 Å². The van der Waals surface area contributed by atoms with Crippen LogP contribution in [0.1, 0.15) is 38.8 Å². The Labute approximate surface area is 221 Å². The van der Waals surface area contributed by atoms with Crippen LogP contribution in [-0.2, 0) is 20.2 Å². The lowest BCUT2D eigenvalue weighted by molar-refractivity contribution is 0.432. The highest BCUT2D eigenvalue weighted by atomic mass is 32.2. The topological polar surface area (TPSA) is 137 Å². The Bertz CT molecular complexity index is 1820. The predicted molar refractivity (Wildman–Crippen MR) is 146 cm³/mol. The average Bonchev–Trinajstić information content (AvgIpc) is 2.75. The molecule has 5 rings (SSSR count). The molecular weight excluding hydrogens is 530 g/mol. The van der Waals surface area contributed by atoms with Crippen molar-refractivity contribution < 1.29 is 30.7 Å². The molecule has 3 heterocycles. The van der Waals surface area contributed by atoms with Gasteiger partial charge in [-0.3, -0.25) is 9.11 Å². The molecule has 2 aromatic rings. The van der Waals surface area contributed by atoms with Crippen molar-refractivity contribution >= 4 is 42.8 Å². The first-order valence-electron chi connectivity index (χ1n) is 11.9. The molecule has 0 fully saturated rings. The fraction of sp³-hybridized carbons (Fsp3) is 0.385. The SMILES string of the molecule is CN1c2cc3c(cc2C(CS(=O)(=O)O)=CC1(C)C)N=c1cc2c(cc1O3)=[N+](C)C(C)(C)C=C2CS(=O)(=O)O. The molecule has 0 radical (unpaired) electrons. The van der Waals surface area contributed by atoms with E-state index in [0.29, 0.717) is 44.8 Å². The number of rotatable bonds is 4. The lowest BCUT2D eigenvalue weighted by Gasteiger charge is -2.41. The zero-order chi connectivity index (χ0) is 28.0. The van der Waals surface area contributed by atoms with E-state index in [4.69, 9.17) is 9.73 Å². The molecule has 0 spiro atoms. The third-order valence-electron chi connectivity index (χ3n) is 7.49. The van der Waals surface area contributed by atoms with Crippen LogP contribution in [0.2, 0.25) is 0 Å². The van der Waals surface area contributed by atoms with Crippen molar-refractivity contribution in [2.45, 2.75) is 38.8 Å². The van der Waals surface area contributed by atoms with Gasteiger partial charge in [0.1, 0.15) is 29.6 Å². The average molecular weight is 561 g/mol. The maximum absolute atomic E-state index is 11.8. The molecule has 0 unspecified atom stereocenters. The monoisotopic (exact) mass is 560 g/mol. The number of ether oxygens (including phenoxy) is 1. The number of benzene rings is 2. The number of anilines is 1. The van der Waals surface area contributed by atoms with E-state index >= 15 is 0 Å². The van der Waals surface area contributed by atoms with E-state index in [0.717, 1.165) is 11.0 Å². The van der Waals surface area contributed by atoms with E-state index in [-0.39, 0.29) is 0 Å². The van der Waals surface area contributed by atoms with Gasteiger partial charge in [0.15, 0.2) is 17.0 Å². The maximum Gasteiger partial charge on any atom is 0.269 e. The number of likely N-dealkylation sites (N-methyl/N-ethyl adjacent to an activating group) is 2. The standard InChI is InChI=1S/C26H29N3O7S2/c1-25(2)11-15(13-37(30,31)32)17-7-19-23(9-21(17)28(25)5)36-24-10-22-18(8-20(24)27-19)16(14-38(33,34)35)12-26(3,4)29(22)6/h7-12H,13-14H2,1-6H3,(H-,30,31,32,33,34,35)/p+1. The third-order valence-corrected chi connectivity index (χ3v) is 8.84. The maximum atomic E-state index is 11.8. The summed E-state index contributed by atoms with van der Waals surface area (Å²) < 4.78 is 74.6. The van der Waals surface area contributed by atoms with Crippen molar-refractivity contribution in [3.05, 3.63) is 58.3 Å². The Morgan fingerprint density at radius 1 is 0.895 bits per heavy atom. The first-order chi connectivity index (χ1) is 17.3. The lowest BCUT2D eigenvalue weighted by Crippen LogP contribution is -2.47. The van der Waals surface area contributed by atoms with Crippen LogP contribution >= 0.6 is 0 Å². The van der Waals surface area contributed by atoms with Gasteiger partial charge in [-0.1, -0.05) is 6.08 Å². The summed E-state index contributed by atoms with van der Waals surface area (Å²) in [6, 6.07) is 7.10. The Morgan fingerprint density at radius 2 is 1.50 bits per heavy atom. The van der Waals surface area contributed by atoms with Gasteiger partial charge in [-0.05, 0) is 43.2 Å². The van der Waals surface area contributed by atoms with Crippen molar-refractivity contribution in [1.82, 2.24) is 4.58 Å². The Morgan fingerprint density at radius 3 is 2.11 bits per heavy atom. The third kappa shape index (κ3) is 4.66. The molecule has 10 nitrogen and oxygen atoms in total. The van der Waals surface area contributed by atoms with Gasteiger partial charge in [0.2, 0.25) is 5.36 Å². The molecule has 2 aromatic carbocycles. The molecule has 3 aliphatic rings. The fourth-order valence-electron chi connectivity index (χ4n) is 5.23. The number of hydrogen-bond donors (Lipinski definition) is 2. The van der Waals surface area contributed by atoms with Gasteiger partial charge in [-0.25, -0.2) is 9.57 Å². The fourth-order valence-corrected chi connectivity index (χ4v) is 6.49. The van der Waals surface area contributed by atoms with Gasteiger partial charge in [-0.15, -0.1) is 0 Å². The van der Waals surface area contributed by atoms with Gasteiger partial charge >= 0.3 is 0 Å². The number of hydrogen-bond acceptors (Lipinski definition) is 7. The highest BCUT2D eigenvalue weighted by molar-refractivity contribution is 7.86. The molecule has 0 aromatic heterocycles. The van der Waals surface area contributed by atoms with Gasteiger partial charge in [0.05, 0.1) is 17.2 Å². The molecule has 0 amide bonds. The first kappa shape index (κ1) is 26.5. The molecule has 3 aliphatic heterocycles. The molecule has 202 valence electrons. The summed E-state index contributed by atoms with van der Waals surface area (Å²) >= 11 is 0. The van der Waals surface area contributed by atoms with Crippen LogP contribution in [0.25, 0.3) is 11.1 Å². The number of fused-ring (bicyclic) bond motifs is 4. The lowest BCUT2D eigenvalue weighted by atomic mass is 9.89. The van der Waals surface area contributed by atoms with E-state index in [9.17, 15) is 25.9 Å². The Balaban J connectivity index is 1.72. The van der Waals surface area contributed by atoms with E-state index in [1.165, 1.54) is 0 Å². The van der Waals surface area contributed by atoms with E-state index in [1.807, 2.05) is 75.6 Å². The predicted octanol–water partition coefficient (Wildman–Crippen LogP) is 2.43. The molecule has 0 atom stereocenters. The molecule has 0 aliphatic carbocycles. The Kier molecular flexibility index (Phi) is 5.74. The van der Waals surface area contributed by atoms with E-state index in [1.54, 1.807) is 12.1 Å². The second kappa shape index (κ2) is 8.22. The summed E-state index contributed by atoms with van der Waals surface area (Å²) in [6.45, 7) is 7.78. The Hall–Kier alpha value is -3.06. The molecule has 2 N–H and O–H groups in total. The molecular formula is C26H30N3O7S2+. The smallest absolute Gasteiger partial charge is 0.269 e. The summed E-state index contributed by atoms with van der Waals surface area (Å²) in [5.74, 6) is -0.100. The highest BCUT2D eigenvalue weighted by Crippen LogP contribution is 2.46. The minimum Gasteiger partial charge on any atom is -0.452 e. The molecule has 38 heavy (non-hydrogen) atoms. The molecule has 12 heteroatoms. The van der Waals surface area contributed by atoms with Crippen molar-refractivity contribution in [2.75, 3.05) is 30.5 Å². The van der Waals surface area contributed by atoms with Crippen molar-refractivity contribution in [3.8, 4) is 11.5 Å². The zero-order valence-corrected chi connectivity index (χ0v) is 23.6. The summed E-state index contributed by atoms with van der Waals surface area (Å²) in [6.07, 6.45) is 3.63. The second-order valence-electron chi connectivity index (χ2n) is 11.1. The summed E-state index contributed by atoms with van der Waals surface area (Å²) in [5, 5.41) is 1.21. The van der Waals surface area contributed by atoms with Crippen LogP contribution in [0, 0.1) is 0 Å². The van der Waals surface area contributed by atoms with Gasteiger partial charge in [-0.2, -0.15) is 16.8 Å². The van der Waals surface area contributed by atoms with Crippen LogP contribution < -0.4 is 24.9 Å². The minimum atomic E-state index is -4.28. The molecule has 0 bridgehead atoms. The summed E-state index contributed by atoms with van der Waals surface area (Å²) in [4.78, 5) is 6.77. The van der Waals surface area contributed by atoms with Crippen molar-refractivity contribution in [1.29, 1.82) is 0 Å². The van der Waals surface area contributed by atoms with Crippen LogP contribution in [-0.4, -0.2) is 62.6 Å². The van der Waals surface area contributed by atoms with Gasteiger partial charge in [0.25, 0.3) is 20.2 Å². The van der Waals surface area contributed by atoms with Gasteiger partial charge in [0, 0.05) is 38.2 Å². The molecule has 0 saturated carbocycles. The second-order valence-corrected chi connectivity index (χ2v) is 14.0. The molecule has 0 saturated heterocycles. The quantitative estimate of drug-likeness (QED) is 0.367. The minimum absolute atomic E-state index is 0.460. The van der Waals surface area contributed by atoms with E-state index in [2.05, 4.69) is 0 Å². The van der Waals surface area contributed by atoms with Crippen molar-refractivity contribution in [2.24, 2.45) is 4.99 Å². The summed E-state index contributed by atoms with van der Waals surface area (Å²) in [5.41, 5.74) is 2.32. The number of nitrogens with zero attached hydrogens (tertiary/aromatic N) is 3. The highest BCUT2D eigenvalue weighted by Gasteiger charge is 2.35.